The van der Waals surface area contributed by atoms with Crippen LogP contribution >= 0.6 is 0 Å². The van der Waals surface area contributed by atoms with Crippen LogP contribution < -0.4 is 5.73 Å². The van der Waals surface area contributed by atoms with Gasteiger partial charge in [-0.2, -0.15) is 0 Å². The van der Waals surface area contributed by atoms with Crippen molar-refractivity contribution in [1.82, 2.24) is 0 Å². The van der Waals surface area contributed by atoms with Crippen molar-refractivity contribution >= 4 is 11.9 Å². The van der Waals surface area contributed by atoms with E-state index >= 15 is 0 Å². The Balaban J connectivity index is 0.613. The molecule has 0 radical (unpaired) electrons. The van der Waals surface area contributed by atoms with E-state index in [9.17, 15) is 9.59 Å². The monoisotopic (exact) mass is 940 g/mol. The molecule has 12 aliphatic rings. The second kappa shape index (κ2) is 16.6. The Morgan fingerprint density at radius 3 is 1.56 bits per heavy atom. The van der Waals surface area contributed by atoms with Crippen LogP contribution in [-0.4, -0.2) is 67.2 Å². The maximum Gasteiger partial charge on any atom is 0.323 e. The Morgan fingerprint density at radius 1 is 0.632 bits per heavy atom. The third-order valence-corrected chi connectivity index (χ3v) is 24.2. The summed E-state index contributed by atoms with van der Waals surface area (Å²) in [6, 6.07) is -0.831. The van der Waals surface area contributed by atoms with Crippen LogP contribution in [0.1, 0.15) is 184 Å². The molecule has 9 heteroatoms. The average molecular weight is 940 g/mol. The minimum atomic E-state index is -0.831. The van der Waals surface area contributed by atoms with Gasteiger partial charge < -0.3 is 34.2 Å². The summed E-state index contributed by atoms with van der Waals surface area (Å²) < 4.78 is 39.5. The second-order valence-electron chi connectivity index (χ2n) is 27.4. The van der Waals surface area contributed by atoms with Gasteiger partial charge in [0, 0.05) is 43.9 Å². The van der Waals surface area contributed by atoms with Crippen molar-refractivity contribution in [3.63, 3.8) is 0 Å². The molecule has 6 saturated carbocycles. The maximum absolute atomic E-state index is 13.5. The minimum Gasteiger partial charge on any atom is -0.462 e. The summed E-state index contributed by atoms with van der Waals surface area (Å²) in [6.45, 7) is 21.4. The zero-order chi connectivity index (χ0) is 47.3. The van der Waals surface area contributed by atoms with Gasteiger partial charge in [0.05, 0.1) is 25.4 Å². The van der Waals surface area contributed by atoms with Gasteiger partial charge in [0.1, 0.15) is 18.2 Å². The van der Waals surface area contributed by atoms with Gasteiger partial charge in [-0.3, -0.25) is 9.59 Å². The molecule has 68 heavy (non-hydrogen) atoms. The molecule has 0 aromatic rings. The molecule has 23 atom stereocenters. The summed E-state index contributed by atoms with van der Waals surface area (Å²) in [5, 5.41) is 0. The van der Waals surface area contributed by atoms with Crippen molar-refractivity contribution in [1.29, 1.82) is 0 Å². The van der Waals surface area contributed by atoms with Crippen molar-refractivity contribution in [2.45, 2.75) is 226 Å². The number of carbonyl (C=O) groups is 2. The van der Waals surface area contributed by atoms with Crippen LogP contribution in [0.2, 0.25) is 0 Å². The number of hydrogen-bond donors (Lipinski definition) is 1. The van der Waals surface area contributed by atoms with E-state index in [4.69, 9.17) is 34.2 Å². The van der Waals surface area contributed by atoms with E-state index < -0.39 is 6.04 Å². The first-order valence-electron chi connectivity index (χ1n) is 28.6. The largest absolute Gasteiger partial charge is 0.462 e. The lowest BCUT2D eigenvalue weighted by Crippen LogP contribution is -2.52. The molecular formula is C59H89NO8. The first kappa shape index (κ1) is 47.2. The maximum atomic E-state index is 13.5. The van der Waals surface area contributed by atoms with Crippen molar-refractivity contribution in [2.24, 2.45) is 98.4 Å². The summed E-state index contributed by atoms with van der Waals surface area (Å²) in [4.78, 5) is 26.9. The number of carbonyl (C=O) groups excluding carboxylic acids is 2. The Morgan fingerprint density at radius 2 is 1.10 bits per heavy atom. The summed E-state index contributed by atoms with van der Waals surface area (Å²) in [5.41, 5.74) is 10.4. The first-order chi connectivity index (χ1) is 32.4. The van der Waals surface area contributed by atoms with E-state index in [1.807, 2.05) is 0 Å². The second-order valence-corrected chi connectivity index (χ2v) is 27.4. The molecule has 4 saturated heterocycles. The van der Waals surface area contributed by atoms with Crippen LogP contribution in [-0.2, 0) is 38.0 Å². The van der Waals surface area contributed by atoms with E-state index in [1.54, 1.807) is 0 Å². The Hall–Kier alpha value is -1.78. The molecule has 12 rings (SSSR count). The fraction of sp³-hybridized carbons (Fsp3) is 0.898. The van der Waals surface area contributed by atoms with Gasteiger partial charge >= 0.3 is 11.9 Å². The third-order valence-electron chi connectivity index (χ3n) is 24.2. The van der Waals surface area contributed by atoms with Crippen molar-refractivity contribution in [3.05, 3.63) is 23.3 Å². The predicted molar refractivity (Wildman–Crippen MR) is 260 cm³/mol. The minimum absolute atomic E-state index is 0.111. The highest BCUT2D eigenvalue weighted by molar-refractivity contribution is 5.77. The summed E-state index contributed by atoms with van der Waals surface area (Å²) in [6.07, 6.45) is 25.5. The molecule has 2 spiro atoms. The van der Waals surface area contributed by atoms with E-state index in [1.165, 1.54) is 62.5 Å². The van der Waals surface area contributed by atoms with Gasteiger partial charge in [0.15, 0.2) is 11.6 Å². The van der Waals surface area contributed by atoms with Gasteiger partial charge in [0.2, 0.25) is 0 Å². The molecule has 9 nitrogen and oxygen atoms in total. The lowest BCUT2D eigenvalue weighted by atomic mass is 9.47. The molecule has 0 amide bonds. The van der Waals surface area contributed by atoms with E-state index in [2.05, 4.69) is 67.5 Å². The highest BCUT2D eigenvalue weighted by Crippen LogP contribution is 2.73. The molecule has 0 aromatic heterocycles. The SMILES string of the molecule is C[C@@H]1CC[C@@]2(OC1)O[C@H]1C[C@H]3[C@@H]4CC=C5C[C@@H](OC(=O)CC[C@@H](N)C(=O)O[C@H]6CC[C@@]7(C)C(=CC[C@H]8[C@@H]9C[C@@H]%10O[C@]%11(CC[C@@H](C)CO%11)[C@@H](C)[C@@H]%10[C@@]9(C)CC[C@@H]87)C6)CC[C@]5(C)[C@H]4CC[C@]3(C)[C@H]1[C@@H]2C. The third kappa shape index (κ3) is 7.02. The molecule has 2 N–H and O–H groups in total. The summed E-state index contributed by atoms with van der Waals surface area (Å²) in [7, 11) is 0. The van der Waals surface area contributed by atoms with Crippen LogP contribution in [0.3, 0.4) is 0 Å². The number of esters is 2. The topological polar surface area (TPSA) is 116 Å². The molecule has 0 aromatic carbocycles. The fourth-order valence-electron chi connectivity index (χ4n) is 20.4. The quantitative estimate of drug-likeness (QED) is 0.205. The summed E-state index contributed by atoms with van der Waals surface area (Å²) >= 11 is 0. The van der Waals surface area contributed by atoms with Crippen molar-refractivity contribution in [2.75, 3.05) is 13.2 Å². The molecule has 4 aliphatic heterocycles. The lowest BCUT2D eigenvalue weighted by Gasteiger charge is -2.58. The standard InChI is InChI=1S/C59H89NO8/c1-33-15-25-58(63-31-33)35(3)51-48(67-58)29-45-41-11-9-37-27-39(17-21-54(37,5)43(41)19-23-56(45,51)7)65-50(61)14-13-47(60)53(62)66-40-18-22-55(6)38(28-40)10-12-42-44(55)20-24-57(8)46(42)30-49-52(57)36(4)59(68-49)26-16-34(2)32-64-59/h9-10,33-36,39-49,51-52H,11-32,60H2,1-8H3/t33-,34-,35+,36+,39+,40+,41-,42-,43+,44+,45+,46+,47-,48+,49+,51+,52+,54+,55+,56+,57+,58-,59-/m1/s1. The van der Waals surface area contributed by atoms with Crippen LogP contribution in [0.4, 0.5) is 0 Å². The number of nitrogens with two attached hydrogens (primary N) is 1. The summed E-state index contributed by atoms with van der Waals surface area (Å²) in [5.74, 6) is 5.99. The number of rotatable bonds is 6. The molecular weight excluding hydrogens is 851 g/mol. The fourth-order valence-corrected chi connectivity index (χ4v) is 20.4. The molecule has 0 bridgehead atoms. The van der Waals surface area contributed by atoms with E-state index in [0.29, 0.717) is 94.1 Å². The van der Waals surface area contributed by atoms with Gasteiger partial charge in [-0.25, -0.2) is 0 Å². The number of allylic oxidation sites excluding steroid dienone is 2. The average Bonchev–Trinajstić information content (AvgIpc) is 3.97. The first-order valence-corrected chi connectivity index (χ1v) is 28.6. The van der Waals surface area contributed by atoms with Gasteiger partial charge in [0.25, 0.3) is 0 Å². The molecule has 8 aliphatic carbocycles. The smallest absolute Gasteiger partial charge is 0.323 e. The zero-order valence-electron chi connectivity index (χ0n) is 43.4. The van der Waals surface area contributed by atoms with Gasteiger partial charge in [-0.05, 0) is 177 Å². The van der Waals surface area contributed by atoms with E-state index in [0.717, 1.165) is 77.4 Å². The lowest BCUT2D eigenvalue weighted by molar-refractivity contribution is -0.272. The highest BCUT2D eigenvalue weighted by Gasteiger charge is 2.70. The molecule has 10 fully saturated rings. The molecule has 0 unspecified atom stereocenters. The normalized spacial score (nSPS) is 54.7. The Labute approximate surface area is 409 Å². The number of ether oxygens (including phenoxy) is 6. The van der Waals surface area contributed by atoms with Gasteiger partial charge in [-0.1, -0.05) is 78.7 Å². The van der Waals surface area contributed by atoms with Crippen LogP contribution in [0, 0.1) is 92.7 Å². The van der Waals surface area contributed by atoms with Gasteiger partial charge in [-0.15, -0.1) is 0 Å². The Kier molecular flexibility index (Phi) is 11.5. The van der Waals surface area contributed by atoms with E-state index in [-0.39, 0.29) is 59.4 Å². The predicted octanol–water partition coefficient (Wildman–Crippen LogP) is 11.7. The molecule has 378 valence electrons. The van der Waals surface area contributed by atoms with Crippen LogP contribution in [0.15, 0.2) is 23.3 Å². The van der Waals surface area contributed by atoms with Crippen LogP contribution in [0.5, 0.6) is 0 Å². The highest BCUT2D eigenvalue weighted by atomic mass is 16.7. The van der Waals surface area contributed by atoms with Crippen molar-refractivity contribution < 1.29 is 38.0 Å². The number of hydrogen-bond acceptors (Lipinski definition) is 9. The van der Waals surface area contributed by atoms with Crippen molar-refractivity contribution in [3.8, 4) is 0 Å². The molecule has 4 heterocycles. The Bertz CT molecular complexity index is 2050. The van der Waals surface area contributed by atoms with Crippen LogP contribution in [0.25, 0.3) is 0 Å². The zero-order valence-corrected chi connectivity index (χ0v) is 43.4. The number of fused-ring (bicyclic) bond motifs is 14.